The van der Waals surface area contributed by atoms with E-state index in [9.17, 15) is 9.90 Å². The SMILES string of the molecule is CC(C)n1ccc(CC(CN)(C(=O)O)C(C)C)n1. The number of carboxylic acids is 1. The Morgan fingerprint density at radius 2 is 2.11 bits per heavy atom. The van der Waals surface area contributed by atoms with Crippen molar-refractivity contribution in [1.29, 1.82) is 0 Å². The normalized spacial score (nSPS) is 15.1. The van der Waals surface area contributed by atoms with Gasteiger partial charge in [0, 0.05) is 25.2 Å². The first-order chi connectivity index (χ1) is 8.33. The first-order valence-electron chi connectivity index (χ1n) is 6.31. The van der Waals surface area contributed by atoms with Crippen molar-refractivity contribution in [1.82, 2.24) is 9.78 Å². The van der Waals surface area contributed by atoms with Crippen LogP contribution in [0.4, 0.5) is 0 Å². The van der Waals surface area contributed by atoms with Crippen LogP contribution in [0, 0.1) is 11.3 Å². The van der Waals surface area contributed by atoms with Crippen molar-refractivity contribution in [2.24, 2.45) is 17.1 Å². The third-order valence-electron chi connectivity index (χ3n) is 3.58. The van der Waals surface area contributed by atoms with E-state index in [2.05, 4.69) is 5.10 Å². The van der Waals surface area contributed by atoms with E-state index in [0.717, 1.165) is 5.69 Å². The van der Waals surface area contributed by atoms with Gasteiger partial charge in [0.2, 0.25) is 0 Å². The number of carbonyl (C=O) groups is 1. The molecule has 18 heavy (non-hydrogen) atoms. The Morgan fingerprint density at radius 3 is 2.44 bits per heavy atom. The summed E-state index contributed by atoms with van der Waals surface area (Å²) < 4.78 is 1.83. The lowest BCUT2D eigenvalue weighted by Gasteiger charge is -2.31. The predicted molar refractivity (Wildman–Crippen MR) is 70.3 cm³/mol. The third-order valence-corrected chi connectivity index (χ3v) is 3.58. The maximum absolute atomic E-state index is 11.5. The summed E-state index contributed by atoms with van der Waals surface area (Å²) >= 11 is 0. The molecule has 1 aromatic rings. The summed E-state index contributed by atoms with van der Waals surface area (Å²) in [5.74, 6) is -0.886. The minimum atomic E-state index is -0.934. The highest BCUT2D eigenvalue weighted by Crippen LogP contribution is 2.31. The molecule has 0 spiro atoms. The van der Waals surface area contributed by atoms with Crippen molar-refractivity contribution < 1.29 is 9.90 Å². The third kappa shape index (κ3) is 2.72. The van der Waals surface area contributed by atoms with E-state index in [1.54, 1.807) is 0 Å². The molecule has 5 nitrogen and oxygen atoms in total. The van der Waals surface area contributed by atoms with Crippen LogP contribution in [0.25, 0.3) is 0 Å². The Balaban J connectivity index is 2.99. The average Bonchev–Trinajstić information content (AvgIpc) is 2.73. The summed E-state index contributed by atoms with van der Waals surface area (Å²) in [5, 5.41) is 13.9. The van der Waals surface area contributed by atoms with Gasteiger partial charge in [-0.05, 0) is 25.8 Å². The van der Waals surface area contributed by atoms with Crippen molar-refractivity contribution in [3.05, 3.63) is 18.0 Å². The zero-order valence-electron chi connectivity index (χ0n) is 11.6. The second-order valence-electron chi connectivity index (χ2n) is 5.38. The first-order valence-corrected chi connectivity index (χ1v) is 6.31. The monoisotopic (exact) mass is 253 g/mol. The van der Waals surface area contributed by atoms with Gasteiger partial charge in [0.05, 0.1) is 11.1 Å². The van der Waals surface area contributed by atoms with E-state index >= 15 is 0 Å². The summed E-state index contributed by atoms with van der Waals surface area (Å²) in [6.07, 6.45) is 2.25. The van der Waals surface area contributed by atoms with Crippen LogP contribution in [0.1, 0.15) is 39.4 Å². The Hall–Kier alpha value is -1.36. The van der Waals surface area contributed by atoms with Gasteiger partial charge in [-0.25, -0.2) is 0 Å². The molecule has 0 amide bonds. The summed E-state index contributed by atoms with van der Waals surface area (Å²) in [6, 6.07) is 2.14. The molecule has 5 heteroatoms. The molecular weight excluding hydrogens is 230 g/mol. The highest BCUT2D eigenvalue weighted by Gasteiger charge is 2.41. The number of nitrogens with zero attached hydrogens (tertiary/aromatic N) is 2. The number of hydrogen-bond donors (Lipinski definition) is 2. The molecule has 0 aliphatic heterocycles. The van der Waals surface area contributed by atoms with Crippen LogP contribution in [-0.4, -0.2) is 27.4 Å². The van der Waals surface area contributed by atoms with Gasteiger partial charge in [0.25, 0.3) is 0 Å². The largest absolute Gasteiger partial charge is 0.481 e. The molecule has 0 aliphatic rings. The van der Waals surface area contributed by atoms with Gasteiger partial charge in [-0.2, -0.15) is 5.10 Å². The molecule has 1 unspecified atom stereocenters. The molecule has 102 valence electrons. The van der Waals surface area contributed by atoms with E-state index in [1.165, 1.54) is 0 Å². The Labute approximate surface area is 108 Å². The molecule has 0 saturated carbocycles. The van der Waals surface area contributed by atoms with Crippen molar-refractivity contribution in [2.45, 2.75) is 40.2 Å². The van der Waals surface area contributed by atoms with Crippen LogP contribution >= 0.6 is 0 Å². The number of carboxylic acid groups (broad SMARTS) is 1. The van der Waals surface area contributed by atoms with Crippen molar-refractivity contribution in [3.63, 3.8) is 0 Å². The van der Waals surface area contributed by atoms with Crippen LogP contribution in [0.15, 0.2) is 12.3 Å². The zero-order valence-corrected chi connectivity index (χ0v) is 11.6. The standard InChI is InChI=1S/C13H23N3O2/c1-9(2)13(8-14,12(17)18)7-11-5-6-16(15-11)10(3)4/h5-6,9-10H,7-8,14H2,1-4H3,(H,17,18). The maximum Gasteiger partial charge on any atom is 0.311 e. The number of aliphatic carboxylic acids is 1. The molecule has 0 aliphatic carbocycles. The molecule has 3 N–H and O–H groups in total. The van der Waals surface area contributed by atoms with Gasteiger partial charge in [-0.15, -0.1) is 0 Å². The molecular formula is C13H23N3O2. The average molecular weight is 253 g/mol. The van der Waals surface area contributed by atoms with Crippen LogP contribution < -0.4 is 5.73 Å². The molecule has 1 atom stereocenters. The van der Waals surface area contributed by atoms with Gasteiger partial charge in [-0.1, -0.05) is 13.8 Å². The molecule has 1 rings (SSSR count). The number of rotatable bonds is 6. The maximum atomic E-state index is 11.5. The van der Waals surface area contributed by atoms with Crippen molar-refractivity contribution in [2.75, 3.05) is 6.54 Å². The fourth-order valence-corrected chi connectivity index (χ4v) is 2.00. The fraction of sp³-hybridized carbons (Fsp3) is 0.692. The van der Waals surface area contributed by atoms with Crippen LogP contribution in [0.3, 0.4) is 0 Å². The highest BCUT2D eigenvalue weighted by molar-refractivity contribution is 5.75. The van der Waals surface area contributed by atoms with Gasteiger partial charge in [0.1, 0.15) is 0 Å². The molecule has 1 aromatic heterocycles. The van der Waals surface area contributed by atoms with Gasteiger partial charge in [0.15, 0.2) is 0 Å². The Morgan fingerprint density at radius 1 is 1.50 bits per heavy atom. The van der Waals surface area contributed by atoms with E-state index in [1.807, 2.05) is 44.6 Å². The smallest absolute Gasteiger partial charge is 0.311 e. The minimum Gasteiger partial charge on any atom is -0.481 e. The lowest BCUT2D eigenvalue weighted by Crippen LogP contribution is -2.45. The summed E-state index contributed by atoms with van der Waals surface area (Å²) in [7, 11) is 0. The van der Waals surface area contributed by atoms with Crippen LogP contribution in [0.5, 0.6) is 0 Å². The molecule has 0 bridgehead atoms. The summed E-state index contributed by atoms with van der Waals surface area (Å²) in [5.41, 5.74) is 5.56. The Kier molecular flexibility index (Phi) is 4.51. The number of hydrogen-bond acceptors (Lipinski definition) is 3. The van der Waals surface area contributed by atoms with Crippen molar-refractivity contribution in [3.8, 4) is 0 Å². The van der Waals surface area contributed by atoms with E-state index in [-0.39, 0.29) is 18.5 Å². The topological polar surface area (TPSA) is 81.1 Å². The molecule has 0 fully saturated rings. The summed E-state index contributed by atoms with van der Waals surface area (Å²) in [4.78, 5) is 11.5. The van der Waals surface area contributed by atoms with E-state index in [4.69, 9.17) is 5.73 Å². The first kappa shape index (κ1) is 14.7. The van der Waals surface area contributed by atoms with Crippen molar-refractivity contribution >= 4 is 5.97 Å². The number of aromatic nitrogens is 2. The molecule has 0 saturated heterocycles. The van der Waals surface area contributed by atoms with Gasteiger partial charge < -0.3 is 10.8 Å². The second-order valence-corrected chi connectivity index (χ2v) is 5.38. The van der Waals surface area contributed by atoms with Gasteiger partial charge in [-0.3, -0.25) is 9.48 Å². The van der Waals surface area contributed by atoms with Gasteiger partial charge >= 0.3 is 5.97 Å². The molecule has 0 radical (unpaired) electrons. The number of nitrogens with two attached hydrogens (primary N) is 1. The highest BCUT2D eigenvalue weighted by atomic mass is 16.4. The molecule has 0 aromatic carbocycles. The minimum absolute atomic E-state index is 0.0378. The zero-order chi connectivity index (χ0) is 13.9. The Bertz CT molecular complexity index is 412. The lowest BCUT2D eigenvalue weighted by molar-refractivity contribution is -0.151. The fourth-order valence-electron chi connectivity index (χ4n) is 2.00. The lowest BCUT2D eigenvalue weighted by atomic mass is 9.74. The van der Waals surface area contributed by atoms with Crippen LogP contribution in [0.2, 0.25) is 0 Å². The quantitative estimate of drug-likeness (QED) is 0.808. The summed E-state index contributed by atoms with van der Waals surface area (Å²) in [6.45, 7) is 7.97. The van der Waals surface area contributed by atoms with E-state index in [0.29, 0.717) is 6.42 Å². The van der Waals surface area contributed by atoms with E-state index < -0.39 is 11.4 Å². The predicted octanol–water partition coefficient (Wildman–Crippen LogP) is 1.69. The van der Waals surface area contributed by atoms with Crippen LogP contribution in [-0.2, 0) is 11.2 Å². The second kappa shape index (κ2) is 5.52. The molecule has 1 heterocycles.